The van der Waals surface area contributed by atoms with Crippen LogP contribution in [0.4, 0.5) is 0 Å². The maximum Gasteiger partial charge on any atom is 0.153 e. The Balaban J connectivity index is 1.79. The number of methoxy groups -OCH3 is 1. The highest BCUT2D eigenvalue weighted by Gasteiger charge is 2.10. The molecule has 1 fully saturated rings. The van der Waals surface area contributed by atoms with Crippen molar-refractivity contribution in [3.05, 3.63) is 23.8 Å². The van der Waals surface area contributed by atoms with Gasteiger partial charge in [-0.1, -0.05) is 0 Å². The number of rotatable bonds is 7. The quantitative estimate of drug-likeness (QED) is 0.560. The lowest BCUT2D eigenvalue weighted by Gasteiger charge is -2.26. The second-order valence-corrected chi connectivity index (χ2v) is 4.68. The topological polar surface area (TPSA) is 48.0 Å². The van der Waals surface area contributed by atoms with E-state index in [1.165, 1.54) is 0 Å². The molecule has 0 atom stereocenters. The second kappa shape index (κ2) is 7.87. The van der Waals surface area contributed by atoms with Gasteiger partial charge in [0.2, 0.25) is 0 Å². The van der Waals surface area contributed by atoms with Gasteiger partial charge in [-0.2, -0.15) is 0 Å². The van der Waals surface area contributed by atoms with Gasteiger partial charge in [-0.3, -0.25) is 9.69 Å². The van der Waals surface area contributed by atoms with E-state index in [2.05, 4.69) is 4.90 Å². The molecule has 110 valence electrons. The molecular formula is C15H21NO4. The molecule has 1 saturated heterocycles. The van der Waals surface area contributed by atoms with Gasteiger partial charge in [0.15, 0.2) is 6.29 Å². The molecule has 0 N–H and O–H groups in total. The van der Waals surface area contributed by atoms with Gasteiger partial charge in [0.05, 0.1) is 32.5 Å². The third-order valence-corrected chi connectivity index (χ3v) is 3.33. The number of morpholine rings is 1. The van der Waals surface area contributed by atoms with E-state index < -0.39 is 0 Å². The molecule has 0 bridgehead atoms. The van der Waals surface area contributed by atoms with Crippen molar-refractivity contribution in [2.24, 2.45) is 0 Å². The zero-order valence-corrected chi connectivity index (χ0v) is 11.8. The van der Waals surface area contributed by atoms with Crippen LogP contribution >= 0.6 is 0 Å². The van der Waals surface area contributed by atoms with Gasteiger partial charge in [-0.15, -0.1) is 0 Å². The van der Waals surface area contributed by atoms with Crippen molar-refractivity contribution in [3.63, 3.8) is 0 Å². The molecule has 5 heteroatoms. The zero-order valence-electron chi connectivity index (χ0n) is 11.8. The summed E-state index contributed by atoms with van der Waals surface area (Å²) in [5.74, 6) is 1.28. The number of aldehydes is 1. The fraction of sp³-hybridized carbons (Fsp3) is 0.533. The molecule has 1 aromatic rings. The third-order valence-electron chi connectivity index (χ3n) is 3.33. The minimum Gasteiger partial charge on any atom is -0.497 e. The van der Waals surface area contributed by atoms with E-state index in [1.807, 2.05) is 0 Å². The molecule has 0 saturated carbocycles. The summed E-state index contributed by atoms with van der Waals surface area (Å²) in [6.07, 6.45) is 1.73. The first-order chi connectivity index (χ1) is 9.83. The largest absolute Gasteiger partial charge is 0.497 e. The van der Waals surface area contributed by atoms with Gasteiger partial charge in [0.1, 0.15) is 11.5 Å². The monoisotopic (exact) mass is 279 g/mol. The summed E-state index contributed by atoms with van der Waals surface area (Å²) in [5, 5.41) is 0. The Bertz CT molecular complexity index is 430. The van der Waals surface area contributed by atoms with Gasteiger partial charge >= 0.3 is 0 Å². The summed E-state index contributed by atoms with van der Waals surface area (Å²) < 4.78 is 16.1. The predicted octanol–water partition coefficient (Wildman–Crippen LogP) is 1.61. The molecule has 0 unspecified atom stereocenters. The number of carbonyl (C=O) groups is 1. The van der Waals surface area contributed by atoms with Crippen molar-refractivity contribution in [1.82, 2.24) is 4.90 Å². The first kappa shape index (κ1) is 14.8. The molecule has 0 aromatic heterocycles. The summed E-state index contributed by atoms with van der Waals surface area (Å²) >= 11 is 0. The van der Waals surface area contributed by atoms with Gasteiger partial charge < -0.3 is 14.2 Å². The van der Waals surface area contributed by atoms with Crippen molar-refractivity contribution in [2.45, 2.75) is 6.42 Å². The van der Waals surface area contributed by atoms with Crippen LogP contribution in [0.2, 0.25) is 0 Å². The molecule has 1 aliphatic rings. The van der Waals surface area contributed by atoms with Crippen LogP contribution in [-0.4, -0.2) is 57.8 Å². The SMILES string of the molecule is COc1ccc(C=O)c(OCCCN2CCOCC2)c1. The maximum atomic E-state index is 11.0. The van der Waals surface area contributed by atoms with E-state index in [0.29, 0.717) is 23.7 Å². The second-order valence-electron chi connectivity index (χ2n) is 4.68. The fourth-order valence-corrected chi connectivity index (χ4v) is 2.16. The van der Waals surface area contributed by atoms with Crippen LogP contribution in [0.5, 0.6) is 11.5 Å². The lowest BCUT2D eigenvalue weighted by Crippen LogP contribution is -2.37. The summed E-state index contributed by atoms with van der Waals surface area (Å²) in [7, 11) is 1.60. The molecule has 1 heterocycles. The highest BCUT2D eigenvalue weighted by molar-refractivity contribution is 5.79. The minimum absolute atomic E-state index is 0.553. The van der Waals surface area contributed by atoms with Crippen LogP contribution < -0.4 is 9.47 Å². The molecule has 5 nitrogen and oxygen atoms in total. The van der Waals surface area contributed by atoms with Crippen molar-refractivity contribution in [1.29, 1.82) is 0 Å². The van der Waals surface area contributed by atoms with Gasteiger partial charge in [0, 0.05) is 25.7 Å². The minimum atomic E-state index is 0.553. The molecule has 0 amide bonds. The summed E-state index contributed by atoms with van der Waals surface area (Å²) in [5.41, 5.74) is 0.553. The van der Waals surface area contributed by atoms with Crippen molar-refractivity contribution < 1.29 is 19.0 Å². The van der Waals surface area contributed by atoms with Crippen molar-refractivity contribution in [2.75, 3.05) is 46.6 Å². The summed E-state index contributed by atoms with van der Waals surface area (Å²) in [4.78, 5) is 13.3. The Morgan fingerprint density at radius 3 is 2.85 bits per heavy atom. The van der Waals surface area contributed by atoms with E-state index in [-0.39, 0.29) is 0 Å². The van der Waals surface area contributed by atoms with Gasteiger partial charge in [0.25, 0.3) is 0 Å². The molecule has 1 aromatic carbocycles. The maximum absolute atomic E-state index is 11.0. The highest BCUT2D eigenvalue weighted by Crippen LogP contribution is 2.23. The van der Waals surface area contributed by atoms with Crippen molar-refractivity contribution >= 4 is 6.29 Å². The molecule has 20 heavy (non-hydrogen) atoms. The fourth-order valence-electron chi connectivity index (χ4n) is 2.16. The number of benzene rings is 1. The molecule has 0 aliphatic carbocycles. The van der Waals surface area contributed by atoms with E-state index in [1.54, 1.807) is 25.3 Å². The van der Waals surface area contributed by atoms with Gasteiger partial charge in [-0.05, 0) is 18.6 Å². The first-order valence-electron chi connectivity index (χ1n) is 6.89. The van der Waals surface area contributed by atoms with Gasteiger partial charge in [-0.25, -0.2) is 0 Å². The van der Waals surface area contributed by atoms with Crippen molar-refractivity contribution in [3.8, 4) is 11.5 Å². The number of hydrogen-bond donors (Lipinski definition) is 0. The molecule has 2 rings (SSSR count). The number of ether oxygens (including phenoxy) is 3. The Morgan fingerprint density at radius 2 is 2.15 bits per heavy atom. The third kappa shape index (κ3) is 4.21. The average Bonchev–Trinajstić information content (AvgIpc) is 2.52. The Hall–Kier alpha value is -1.59. The number of carbonyl (C=O) groups excluding carboxylic acids is 1. The van der Waals surface area contributed by atoms with Crippen LogP contribution in [0.3, 0.4) is 0 Å². The molecular weight excluding hydrogens is 258 g/mol. The summed E-state index contributed by atoms with van der Waals surface area (Å²) in [6, 6.07) is 5.21. The number of nitrogens with zero attached hydrogens (tertiary/aromatic N) is 1. The Labute approximate surface area is 119 Å². The van der Waals surface area contributed by atoms with E-state index in [4.69, 9.17) is 14.2 Å². The smallest absolute Gasteiger partial charge is 0.153 e. The Morgan fingerprint density at radius 1 is 1.35 bits per heavy atom. The van der Waals surface area contributed by atoms with Crippen LogP contribution in [0.1, 0.15) is 16.8 Å². The lowest BCUT2D eigenvalue weighted by atomic mass is 10.2. The van der Waals surface area contributed by atoms with E-state index >= 15 is 0 Å². The van der Waals surface area contributed by atoms with Crippen LogP contribution in [0.15, 0.2) is 18.2 Å². The molecule has 0 spiro atoms. The standard InChI is InChI=1S/C15H21NO4/c1-18-14-4-3-13(12-17)15(11-14)20-8-2-5-16-6-9-19-10-7-16/h3-4,11-12H,2,5-10H2,1H3. The first-order valence-corrected chi connectivity index (χ1v) is 6.89. The normalized spacial score (nSPS) is 15.8. The zero-order chi connectivity index (χ0) is 14.2. The van der Waals surface area contributed by atoms with Crippen LogP contribution in [0.25, 0.3) is 0 Å². The Kier molecular flexibility index (Phi) is 5.83. The predicted molar refractivity (Wildman–Crippen MR) is 75.8 cm³/mol. The summed E-state index contributed by atoms with van der Waals surface area (Å²) in [6.45, 7) is 5.17. The number of hydrogen-bond acceptors (Lipinski definition) is 5. The van der Waals surface area contributed by atoms with Crippen LogP contribution in [-0.2, 0) is 4.74 Å². The molecule has 1 aliphatic heterocycles. The molecule has 0 radical (unpaired) electrons. The van der Waals surface area contributed by atoms with Crippen LogP contribution in [0, 0.1) is 0 Å². The average molecular weight is 279 g/mol. The highest BCUT2D eigenvalue weighted by atomic mass is 16.5. The lowest BCUT2D eigenvalue weighted by molar-refractivity contribution is 0.0357. The van der Waals surface area contributed by atoms with E-state index in [0.717, 1.165) is 45.6 Å². The van der Waals surface area contributed by atoms with E-state index in [9.17, 15) is 4.79 Å².